The van der Waals surface area contributed by atoms with Crippen molar-refractivity contribution in [2.24, 2.45) is 5.92 Å². The average Bonchev–Trinajstić information content (AvgIpc) is 2.95. The van der Waals surface area contributed by atoms with Crippen LogP contribution in [0.25, 0.3) is 0 Å². The number of nitro groups is 1. The molecule has 114 valence electrons. The van der Waals surface area contributed by atoms with Gasteiger partial charge in [-0.1, -0.05) is 12.1 Å². The molecule has 1 fully saturated rings. The van der Waals surface area contributed by atoms with Gasteiger partial charge >= 0.3 is 0 Å². The van der Waals surface area contributed by atoms with E-state index in [1.807, 2.05) is 18.9 Å². The van der Waals surface area contributed by atoms with Crippen LogP contribution in [0.5, 0.6) is 0 Å². The molecule has 0 aliphatic carbocycles. The number of nitro benzene ring substituents is 1. The maximum absolute atomic E-state index is 12.5. The molecule has 0 aromatic heterocycles. The van der Waals surface area contributed by atoms with Crippen LogP contribution >= 0.6 is 0 Å². The third kappa shape index (κ3) is 3.58. The van der Waals surface area contributed by atoms with Crippen molar-refractivity contribution >= 4 is 11.6 Å². The number of rotatable bonds is 5. The van der Waals surface area contributed by atoms with Crippen LogP contribution in [0.1, 0.15) is 24.8 Å². The molecule has 0 spiro atoms. The van der Waals surface area contributed by atoms with Crippen molar-refractivity contribution in [1.82, 2.24) is 10.2 Å². The first-order valence-corrected chi connectivity index (χ1v) is 7.20. The predicted molar refractivity (Wildman–Crippen MR) is 80.1 cm³/mol. The molecule has 0 saturated carbocycles. The normalized spacial score (nSPS) is 19.5. The van der Waals surface area contributed by atoms with Crippen molar-refractivity contribution in [3.8, 4) is 0 Å². The van der Waals surface area contributed by atoms with Crippen LogP contribution in [0.3, 0.4) is 0 Å². The highest BCUT2D eigenvalue weighted by atomic mass is 16.6. The standard InChI is InChI=1S/C15H21N3O3/c1-11(13-4-3-5-14(8-13)18(20)21)15(19)17-7-6-12(10-17)9-16-2/h3-5,8,11-12,16H,6-7,9-10H2,1-2H3. The van der Waals surface area contributed by atoms with Gasteiger partial charge in [-0.3, -0.25) is 14.9 Å². The van der Waals surface area contributed by atoms with E-state index in [0.717, 1.165) is 26.1 Å². The molecule has 2 rings (SSSR count). The number of hydrogen-bond donors (Lipinski definition) is 1. The third-order valence-electron chi connectivity index (χ3n) is 4.04. The van der Waals surface area contributed by atoms with Gasteiger partial charge < -0.3 is 10.2 Å². The van der Waals surface area contributed by atoms with Gasteiger partial charge in [0.05, 0.1) is 10.8 Å². The largest absolute Gasteiger partial charge is 0.342 e. The van der Waals surface area contributed by atoms with Gasteiger partial charge in [0.25, 0.3) is 5.69 Å². The lowest BCUT2D eigenvalue weighted by molar-refractivity contribution is -0.384. The fourth-order valence-electron chi connectivity index (χ4n) is 2.81. The number of carbonyl (C=O) groups excluding carboxylic acids is 1. The quantitative estimate of drug-likeness (QED) is 0.662. The van der Waals surface area contributed by atoms with E-state index in [-0.39, 0.29) is 17.5 Å². The lowest BCUT2D eigenvalue weighted by atomic mass is 9.99. The Labute approximate surface area is 124 Å². The maximum Gasteiger partial charge on any atom is 0.269 e. The number of amides is 1. The topological polar surface area (TPSA) is 75.5 Å². The Hall–Kier alpha value is -1.95. The van der Waals surface area contributed by atoms with Crippen molar-refractivity contribution in [3.05, 3.63) is 39.9 Å². The van der Waals surface area contributed by atoms with Gasteiger partial charge in [-0.15, -0.1) is 0 Å². The molecule has 0 bridgehead atoms. The van der Waals surface area contributed by atoms with E-state index in [9.17, 15) is 14.9 Å². The fraction of sp³-hybridized carbons (Fsp3) is 0.533. The van der Waals surface area contributed by atoms with Crippen LogP contribution in [0.2, 0.25) is 0 Å². The van der Waals surface area contributed by atoms with Crippen molar-refractivity contribution < 1.29 is 9.72 Å². The lowest BCUT2D eigenvalue weighted by Crippen LogP contribution is -2.33. The van der Waals surface area contributed by atoms with Gasteiger partial charge in [0.2, 0.25) is 5.91 Å². The van der Waals surface area contributed by atoms with Gasteiger partial charge in [-0.2, -0.15) is 0 Å². The number of nitrogens with zero attached hydrogens (tertiary/aromatic N) is 2. The minimum absolute atomic E-state index is 0.0293. The Morgan fingerprint density at radius 2 is 2.33 bits per heavy atom. The summed E-state index contributed by atoms with van der Waals surface area (Å²) < 4.78 is 0. The van der Waals surface area contributed by atoms with Crippen LogP contribution in [-0.2, 0) is 4.79 Å². The summed E-state index contributed by atoms with van der Waals surface area (Å²) in [6, 6.07) is 6.34. The van der Waals surface area contributed by atoms with E-state index in [0.29, 0.717) is 11.5 Å². The Bertz CT molecular complexity index is 533. The lowest BCUT2D eigenvalue weighted by Gasteiger charge is -2.21. The third-order valence-corrected chi connectivity index (χ3v) is 4.04. The minimum atomic E-state index is -0.431. The van der Waals surface area contributed by atoms with E-state index in [1.165, 1.54) is 12.1 Å². The molecule has 0 radical (unpaired) electrons. The van der Waals surface area contributed by atoms with E-state index >= 15 is 0 Å². The smallest absolute Gasteiger partial charge is 0.269 e. The highest BCUT2D eigenvalue weighted by molar-refractivity contribution is 5.83. The highest BCUT2D eigenvalue weighted by Crippen LogP contribution is 2.25. The second-order valence-corrected chi connectivity index (χ2v) is 5.57. The van der Waals surface area contributed by atoms with Crippen LogP contribution in [0.4, 0.5) is 5.69 Å². The second-order valence-electron chi connectivity index (χ2n) is 5.57. The Morgan fingerprint density at radius 1 is 1.57 bits per heavy atom. The number of non-ortho nitro benzene ring substituents is 1. The van der Waals surface area contributed by atoms with Gasteiger partial charge in [0.1, 0.15) is 0 Å². The molecule has 6 nitrogen and oxygen atoms in total. The molecule has 6 heteroatoms. The molecule has 1 N–H and O–H groups in total. The molecule has 1 aromatic rings. The maximum atomic E-state index is 12.5. The number of benzene rings is 1. The van der Waals surface area contributed by atoms with E-state index < -0.39 is 4.92 Å². The molecule has 1 amide bonds. The van der Waals surface area contributed by atoms with Crippen LogP contribution in [0.15, 0.2) is 24.3 Å². The average molecular weight is 291 g/mol. The zero-order valence-corrected chi connectivity index (χ0v) is 12.4. The zero-order chi connectivity index (χ0) is 15.4. The number of carbonyl (C=O) groups is 1. The minimum Gasteiger partial charge on any atom is -0.342 e. The molecule has 1 aromatic carbocycles. The molecule has 21 heavy (non-hydrogen) atoms. The zero-order valence-electron chi connectivity index (χ0n) is 12.4. The Morgan fingerprint density at radius 3 is 3.00 bits per heavy atom. The van der Waals surface area contributed by atoms with Gasteiger partial charge in [-0.25, -0.2) is 0 Å². The fourth-order valence-corrected chi connectivity index (χ4v) is 2.81. The first-order valence-electron chi connectivity index (χ1n) is 7.20. The molecular weight excluding hydrogens is 270 g/mol. The van der Waals surface area contributed by atoms with Crippen molar-refractivity contribution in [3.63, 3.8) is 0 Å². The summed E-state index contributed by atoms with van der Waals surface area (Å²) in [6.07, 6.45) is 1.01. The summed E-state index contributed by atoms with van der Waals surface area (Å²) in [5.74, 6) is 0.198. The van der Waals surface area contributed by atoms with Gasteiger partial charge in [0.15, 0.2) is 0 Å². The summed E-state index contributed by atoms with van der Waals surface area (Å²) in [5, 5.41) is 14.0. The molecule has 1 heterocycles. The van der Waals surface area contributed by atoms with Crippen molar-refractivity contribution in [2.45, 2.75) is 19.3 Å². The first kappa shape index (κ1) is 15.4. The van der Waals surface area contributed by atoms with E-state index in [2.05, 4.69) is 5.32 Å². The molecule has 1 aliphatic heterocycles. The summed E-state index contributed by atoms with van der Waals surface area (Å²) in [5.41, 5.74) is 0.730. The summed E-state index contributed by atoms with van der Waals surface area (Å²) in [4.78, 5) is 24.8. The van der Waals surface area contributed by atoms with Crippen LogP contribution in [0, 0.1) is 16.0 Å². The molecule has 1 saturated heterocycles. The summed E-state index contributed by atoms with van der Waals surface area (Å²) >= 11 is 0. The Kier molecular flexibility index (Phi) is 4.90. The summed E-state index contributed by atoms with van der Waals surface area (Å²) in [6.45, 7) is 4.26. The molecule has 2 unspecified atom stereocenters. The molecule has 1 aliphatic rings. The highest BCUT2D eigenvalue weighted by Gasteiger charge is 2.29. The van der Waals surface area contributed by atoms with Crippen LogP contribution < -0.4 is 5.32 Å². The molecular formula is C15H21N3O3. The number of hydrogen-bond acceptors (Lipinski definition) is 4. The number of nitrogens with one attached hydrogen (secondary N) is 1. The van der Waals surface area contributed by atoms with E-state index in [1.54, 1.807) is 12.1 Å². The molecule has 2 atom stereocenters. The van der Waals surface area contributed by atoms with Gasteiger partial charge in [-0.05, 0) is 38.4 Å². The predicted octanol–water partition coefficient (Wildman–Crippen LogP) is 1.77. The van der Waals surface area contributed by atoms with Crippen molar-refractivity contribution in [2.75, 3.05) is 26.7 Å². The van der Waals surface area contributed by atoms with E-state index in [4.69, 9.17) is 0 Å². The monoisotopic (exact) mass is 291 g/mol. The van der Waals surface area contributed by atoms with Crippen molar-refractivity contribution in [1.29, 1.82) is 0 Å². The first-order chi connectivity index (χ1) is 10.0. The second kappa shape index (κ2) is 6.67. The summed E-state index contributed by atoms with van der Waals surface area (Å²) in [7, 11) is 1.91. The van der Waals surface area contributed by atoms with Crippen LogP contribution in [-0.4, -0.2) is 42.4 Å². The number of likely N-dealkylation sites (tertiary alicyclic amines) is 1. The Balaban J connectivity index is 2.06. The van der Waals surface area contributed by atoms with Gasteiger partial charge in [0, 0.05) is 25.2 Å². The SMILES string of the molecule is CNCC1CCN(C(=O)C(C)c2cccc([N+](=O)[O-])c2)C1.